The molecule has 0 aliphatic heterocycles. The van der Waals surface area contributed by atoms with Gasteiger partial charge in [-0.3, -0.25) is 0 Å². The summed E-state index contributed by atoms with van der Waals surface area (Å²) in [5, 5.41) is 17.4. The van der Waals surface area contributed by atoms with Gasteiger partial charge in [-0.1, -0.05) is 37.6 Å². The molecular weight excluding hydrogens is 175 g/mol. The quantitative estimate of drug-likeness (QED) is 0.696. The average Bonchev–Trinajstić information content (AvgIpc) is 2.17. The summed E-state index contributed by atoms with van der Waals surface area (Å²) in [6.45, 7) is 2.16. The zero-order chi connectivity index (χ0) is 10.4. The fraction of sp³-hybridized carbons (Fsp3) is 0.455. The van der Waals surface area contributed by atoms with Gasteiger partial charge in [-0.25, -0.2) is 0 Å². The summed E-state index contributed by atoms with van der Waals surface area (Å²) >= 11 is 0. The van der Waals surface area contributed by atoms with Crippen molar-refractivity contribution in [3.63, 3.8) is 0 Å². The molecule has 0 atom stereocenters. The Bertz CT molecular complexity index is 256. The molecule has 1 aromatic carbocycles. The maximum absolute atomic E-state index is 8.71. The van der Waals surface area contributed by atoms with Crippen molar-refractivity contribution in [2.24, 2.45) is 0 Å². The Morgan fingerprint density at radius 1 is 1.00 bits per heavy atom. The van der Waals surface area contributed by atoms with Crippen molar-refractivity contribution in [3.05, 3.63) is 35.4 Å². The molecule has 2 N–H and O–H groups in total. The minimum atomic E-state index is -1.19. The van der Waals surface area contributed by atoms with Gasteiger partial charge in [0, 0.05) is 0 Å². The fourth-order valence-electron chi connectivity index (χ4n) is 1.46. The summed E-state index contributed by atoms with van der Waals surface area (Å²) in [5.74, 6) is 0. The largest absolute Gasteiger partial charge is 0.451 e. The van der Waals surface area contributed by atoms with E-state index in [1.165, 1.54) is 5.56 Å². The normalized spacial score (nSPS) is 10.2. The minimum absolute atomic E-state index is 0.410. The molecule has 0 aliphatic rings. The maximum Gasteiger partial charge on any atom is 0.451 e. The molecule has 0 aromatic heterocycles. The van der Waals surface area contributed by atoms with Crippen LogP contribution in [0.2, 0.25) is 6.32 Å². The first kappa shape index (κ1) is 11.3. The number of aryl methyl sites for hydroxylation is 2. The van der Waals surface area contributed by atoms with E-state index in [-0.39, 0.29) is 0 Å². The Morgan fingerprint density at radius 2 is 1.50 bits per heavy atom. The first-order valence-corrected chi connectivity index (χ1v) is 5.16. The van der Waals surface area contributed by atoms with Gasteiger partial charge in [-0.05, 0) is 30.3 Å². The summed E-state index contributed by atoms with van der Waals surface area (Å²) in [6, 6.07) is 8.35. The van der Waals surface area contributed by atoms with Gasteiger partial charge in [0.05, 0.1) is 0 Å². The third kappa shape index (κ3) is 3.94. The van der Waals surface area contributed by atoms with Crippen LogP contribution in [0, 0.1) is 0 Å². The summed E-state index contributed by atoms with van der Waals surface area (Å²) in [6.07, 6.45) is 3.41. The lowest BCUT2D eigenvalue weighted by Gasteiger charge is -2.02. The van der Waals surface area contributed by atoms with Crippen LogP contribution < -0.4 is 0 Å². The lowest BCUT2D eigenvalue weighted by molar-refractivity contribution is 0.405. The van der Waals surface area contributed by atoms with Crippen LogP contribution in [0.15, 0.2) is 24.3 Å². The molecule has 3 heteroatoms. The van der Waals surface area contributed by atoms with Crippen LogP contribution in [0.3, 0.4) is 0 Å². The lowest BCUT2D eigenvalue weighted by atomic mass is 9.83. The first-order valence-electron chi connectivity index (χ1n) is 5.16. The van der Waals surface area contributed by atoms with Gasteiger partial charge < -0.3 is 10.0 Å². The van der Waals surface area contributed by atoms with E-state index in [0.29, 0.717) is 6.32 Å². The second kappa shape index (κ2) is 5.84. The molecule has 1 aromatic rings. The third-order valence-electron chi connectivity index (χ3n) is 2.25. The highest BCUT2D eigenvalue weighted by Crippen LogP contribution is 2.09. The van der Waals surface area contributed by atoms with E-state index in [9.17, 15) is 0 Å². The van der Waals surface area contributed by atoms with Gasteiger partial charge in [-0.2, -0.15) is 0 Å². The van der Waals surface area contributed by atoms with Crippen LogP contribution in [-0.4, -0.2) is 17.2 Å². The van der Waals surface area contributed by atoms with Crippen molar-refractivity contribution >= 4 is 7.12 Å². The highest BCUT2D eigenvalue weighted by atomic mass is 16.4. The highest BCUT2D eigenvalue weighted by molar-refractivity contribution is 6.40. The van der Waals surface area contributed by atoms with Gasteiger partial charge in [0.2, 0.25) is 0 Å². The molecule has 0 amide bonds. The van der Waals surface area contributed by atoms with Crippen LogP contribution in [0.4, 0.5) is 0 Å². The molecule has 1 rings (SSSR count). The zero-order valence-corrected chi connectivity index (χ0v) is 8.61. The van der Waals surface area contributed by atoms with E-state index in [1.54, 1.807) is 0 Å². The Morgan fingerprint density at radius 3 is 1.93 bits per heavy atom. The molecule has 0 spiro atoms. The van der Waals surface area contributed by atoms with E-state index in [0.717, 1.165) is 24.8 Å². The predicted octanol–water partition coefficient (Wildman–Crippen LogP) is 1.65. The lowest BCUT2D eigenvalue weighted by Crippen LogP contribution is -2.11. The minimum Gasteiger partial charge on any atom is -0.427 e. The summed E-state index contributed by atoms with van der Waals surface area (Å²) < 4.78 is 0. The van der Waals surface area contributed by atoms with E-state index < -0.39 is 7.12 Å². The van der Waals surface area contributed by atoms with Gasteiger partial charge in [-0.15, -0.1) is 0 Å². The fourth-order valence-corrected chi connectivity index (χ4v) is 1.46. The summed E-state index contributed by atoms with van der Waals surface area (Å²) in [5.41, 5.74) is 2.51. The van der Waals surface area contributed by atoms with Crippen LogP contribution in [0.25, 0.3) is 0 Å². The number of rotatable bonds is 5. The summed E-state index contributed by atoms with van der Waals surface area (Å²) in [4.78, 5) is 0. The Balaban J connectivity index is 2.46. The molecule has 0 bridgehead atoms. The average molecular weight is 192 g/mol. The molecule has 0 fully saturated rings. The molecule has 76 valence electrons. The second-order valence-electron chi connectivity index (χ2n) is 3.59. The molecule has 14 heavy (non-hydrogen) atoms. The van der Waals surface area contributed by atoms with E-state index >= 15 is 0 Å². The highest BCUT2D eigenvalue weighted by Gasteiger charge is 2.05. The van der Waals surface area contributed by atoms with Crippen molar-refractivity contribution < 1.29 is 10.0 Å². The number of hydrogen-bond donors (Lipinski definition) is 2. The van der Waals surface area contributed by atoms with Gasteiger partial charge in [0.1, 0.15) is 0 Å². The molecular formula is C11H17BO2. The Hall–Kier alpha value is -0.795. The van der Waals surface area contributed by atoms with Crippen LogP contribution in [0.5, 0.6) is 0 Å². The standard InChI is InChI=1S/C11H17BO2/c1-2-3-10-4-6-11(7-5-10)8-9-12(13)14/h4-7,13-14H,2-3,8-9H2,1H3. The van der Waals surface area contributed by atoms with Crippen LogP contribution in [0.1, 0.15) is 24.5 Å². The van der Waals surface area contributed by atoms with Crippen molar-refractivity contribution in [2.45, 2.75) is 32.5 Å². The molecule has 0 aliphatic carbocycles. The smallest absolute Gasteiger partial charge is 0.427 e. The molecule has 2 nitrogen and oxygen atoms in total. The van der Waals surface area contributed by atoms with Crippen molar-refractivity contribution in [1.29, 1.82) is 0 Å². The molecule has 0 saturated carbocycles. The topological polar surface area (TPSA) is 40.5 Å². The zero-order valence-electron chi connectivity index (χ0n) is 8.61. The van der Waals surface area contributed by atoms with Gasteiger partial charge in [0.25, 0.3) is 0 Å². The van der Waals surface area contributed by atoms with Gasteiger partial charge in [0.15, 0.2) is 0 Å². The van der Waals surface area contributed by atoms with Crippen LogP contribution in [-0.2, 0) is 12.8 Å². The molecule has 0 unspecified atom stereocenters. The van der Waals surface area contributed by atoms with Crippen LogP contribution >= 0.6 is 0 Å². The number of benzene rings is 1. The van der Waals surface area contributed by atoms with Crippen molar-refractivity contribution in [3.8, 4) is 0 Å². The Labute approximate surface area is 85.7 Å². The second-order valence-corrected chi connectivity index (χ2v) is 3.59. The monoisotopic (exact) mass is 192 g/mol. The summed E-state index contributed by atoms with van der Waals surface area (Å²) in [7, 11) is -1.19. The first-order chi connectivity index (χ1) is 6.72. The van der Waals surface area contributed by atoms with E-state index in [1.807, 2.05) is 0 Å². The molecule has 0 saturated heterocycles. The van der Waals surface area contributed by atoms with E-state index in [2.05, 4.69) is 31.2 Å². The van der Waals surface area contributed by atoms with E-state index in [4.69, 9.17) is 10.0 Å². The van der Waals surface area contributed by atoms with Gasteiger partial charge >= 0.3 is 7.12 Å². The molecule has 0 heterocycles. The Kier molecular flexibility index (Phi) is 4.70. The number of hydrogen-bond acceptors (Lipinski definition) is 2. The van der Waals surface area contributed by atoms with Crippen molar-refractivity contribution in [2.75, 3.05) is 0 Å². The third-order valence-corrected chi connectivity index (χ3v) is 2.25. The predicted molar refractivity (Wildman–Crippen MR) is 59.1 cm³/mol. The van der Waals surface area contributed by atoms with Crippen molar-refractivity contribution in [1.82, 2.24) is 0 Å². The molecule has 0 radical (unpaired) electrons. The maximum atomic E-state index is 8.71. The SMILES string of the molecule is CCCc1ccc(CCB(O)O)cc1.